The summed E-state index contributed by atoms with van der Waals surface area (Å²) in [5.41, 5.74) is 2.44. The summed E-state index contributed by atoms with van der Waals surface area (Å²) in [6.45, 7) is 2.01. The van der Waals surface area contributed by atoms with Crippen LogP contribution in [0.15, 0.2) is 54.6 Å². The average Bonchev–Trinajstić information content (AvgIpc) is 2.70. The van der Waals surface area contributed by atoms with Crippen molar-refractivity contribution in [3.8, 4) is 0 Å². The highest BCUT2D eigenvalue weighted by molar-refractivity contribution is 5.96. The molecule has 0 aliphatic carbocycles. The number of hydrogen-bond donors (Lipinski definition) is 1. The molecule has 0 fully saturated rings. The number of hydrogen-bond acceptors (Lipinski definition) is 5. The standard InChI is InChI=1S/C21H23NO5/c1-15-8-6-7-11-17(15)14-27-21(25)22-18(20(24)26-2)12-13-19(23)16-9-4-3-5-10-16/h3-11,18H,12-14H2,1-2H3,(H,22,25). The molecule has 2 aromatic carbocycles. The summed E-state index contributed by atoms with van der Waals surface area (Å²) in [5, 5.41) is 2.48. The number of Topliss-reactive ketones (excluding diaryl/α,β-unsaturated/α-hetero) is 1. The Kier molecular flexibility index (Phi) is 7.55. The lowest BCUT2D eigenvalue weighted by Gasteiger charge is -2.16. The number of alkyl carbamates (subject to hydrolysis) is 1. The molecule has 0 spiro atoms. The van der Waals surface area contributed by atoms with Gasteiger partial charge in [0, 0.05) is 12.0 Å². The molecule has 6 heteroatoms. The molecule has 1 N–H and O–H groups in total. The molecule has 0 bridgehead atoms. The van der Waals surface area contributed by atoms with E-state index in [1.54, 1.807) is 24.3 Å². The van der Waals surface area contributed by atoms with Gasteiger partial charge in [0.2, 0.25) is 0 Å². The Hall–Kier alpha value is -3.15. The second-order valence-corrected chi connectivity index (χ2v) is 6.05. The number of methoxy groups -OCH3 is 1. The molecule has 0 saturated heterocycles. The molecule has 142 valence electrons. The van der Waals surface area contributed by atoms with E-state index >= 15 is 0 Å². The van der Waals surface area contributed by atoms with Crippen LogP contribution in [0.25, 0.3) is 0 Å². The summed E-state index contributed by atoms with van der Waals surface area (Å²) < 4.78 is 9.90. The van der Waals surface area contributed by atoms with Gasteiger partial charge in [0.1, 0.15) is 12.6 Å². The van der Waals surface area contributed by atoms with Crippen LogP contribution in [0.3, 0.4) is 0 Å². The zero-order valence-electron chi connectivity index (χ0n) is 15.4. The SMILES string of the molecule is COC(=O)C(CCC(=O)c1ccccc1)NC(=O)OCc1ccccc1C. The number of esters is 1. The zero-order valence-corrected chi connectivity index (χ0v) is 15.4. The van der Waals surface area contributed by atoms with Crippen LogP contribution in [0.5, 0.6) is 0 Å². The molecule has 0 aromatic heterocycles. The normalized spacial score (nSPS) is 11.3. The van der Waals surface area contributed by atoms with Gasteiger partial charge in [0.15, 0.2) is 5.78 Å². The number of rotatable bonds is 8. The summed E-state index contributed by atoms with van der Waals surface area (Å²) in [7, 11) is 1.23. The lowest BCUT2D eigenvalue weighted by Crippen LogP contribution is -2.42. The Labute approximate surface area is 158 Å². The van der Waals surface area contributed by atoms with Crippen molar-refractivity contribution in [3.63, 3.8) is 0 Å². The molecule has 0 aliphatic heterocycles. The minimum absolute atomic E-state index is 0.0926. The van der Waals surface area contributed by atoms with E-state index < -0.39 is 18.1 Å². The van der Waals surface area contributed by atoms with Gasteiger partial charge >= 0.3 is 12.1 Å². The minimum atomic E-state index is -0.952. The number of ether oxygens (including phenoxy) is 2. The van der Waals surface area contributed by atoms with Crippen molar-refractivity contribution in [1.29, 1.82) is 0 Å². The number of ketones is 1. The fraction of sp³-hybridized carbons (Fsp3) is 0.286. The number of benzene rings is 2. The highest BCUT2D eigenvalue weighted by Crippen LogP contribution is 2.10. The smallest absolute Gasteiger partial charge is 0.408 e. The Bertz CT molecular complexity index is 788. The van der Waals surface area contributed by atoms with E-state index in [4.69, 9.17) is 9.47 Å². The summed E-state index contributed by atoms with van der Waals surface area (Å²) in [4.78, 5) is 36.2. The first-order chi connectivity index (χ1) is 13.0. The van der Waals surface area contributed by atoms with Crippen molar-refractivity contribution in [2.45, 2.75) is 32.4 Å². The van der Waals surface area contributed by atoms with E-state index in [2.05, 4.69) is 5.32 Å². The van der Waals surface area contributed by atoms with Gasteiger partial charge in [-0.15, -0.1) is 0 Å². The van der Waals surface area contributed by atoms with E-state index in [-0.39, 0.29) is 25.2 Å². The lowest BCUT2D eigenvalue weighted by atomic mass is 10.0. The topological polar surface area (TPSA) is 81.7 Å². The zero-order chi connectivity index (χ0) is 19.6. The van der Waals surface area contributed by atoms with Gasteiger partial charge in [0.25, 0.3) is 0 Å². The minimum Gasteiger partial charge on any atom is -0.467 e. The molecule has 0 saturated carbocycles. The summed E-state index contributed by atoms with van der Waals surface area (Å²) >= 11 is 0. The van der Waals surface area contributed by atoms with Gasteiger partial charge < -0.3 is 14.8 Å². The van der Waals surface area contributed by atoms with Crippen LogP contribution in [0.1, 0.15) is 34.3 Å². The number of nitrogens with one attached hydrogen (secondary N) is 1. The average molecular weight is 369 g/mol. The summed E-state index contributed by atoms with van der Waals surface area (Å²) in [6.07, 6.45) is -0.511. The molecule has 0 aliphatic rings. The van der Waals surface area contributed by atoms with Crippen LogP contribution in [0.4, 0.5) is 4.79 Å². The third-order valence-corrected chi connectivity index (χ3v) is 4.15. The van der Waals surface area contributed by atoms with Gasteiger partial charge in [-0.2, -0.15) is 0 Å². The van der Waals surface area contributed by atoms with Crippen molar-refractivity contribution >= 4 is 17.8 Å². The first-order valence-electron chi connectivity index (χ1n) is 8.65. The molecular formula is C21H23NO5. The molecule has 0 radical (unpaired) electrons. The molecule has 2 rings (SSSR count). The van der Waals surface area contributed by atoms with Crippen molar-refractivity contribution in [1.82, 2.24) is 5.32 Å². The Balaban J connectivity index is 1.89. The lowest BCUT2D eigenvalue weighted by molar-refractivity contribution is -0.143. The van der Waals surface area contributed by atoms with E-state index in [1.165, 1.54) is 7.11 Å². The third-order valence-electron chi connectivity index (χ3n) is 4.15. The Morgan fingerprint density at radius 3 is 2.33 bits per heavy atom. The second kappa shape index (κ2) is 10.1. The third kappa shape index (κ3) is 6.26. The highest BCUT2D eigenvalue weighted by atomic mass is 16.6. The summed E-state index contributed by atoms with van der Waals surface area (Å²) in [5.74, 6) is -0.733. The maximum atomic E-state index is 12.2. The molecule has 27 heavy (non-hydrogen) atoms. The maximum absolute atomic E-state index is 12.2. The van der Waals surface area contributed by atoms with Gasteiger partial charge in [0.05, 0.1) is 7.11 Å². The Morgan fingerprint density at radius 2 is 1.67 bits per heavy atom. The van der Waals surface area contributed by atoms with Gasteiger partial charge in [-0.3, -0.25) is 4.79 Å². The quantitative estimate of drug-likeness (QED) is 0.569. The van der Waals surface area contributed by atoms with Crippen LogP contribution in [0, 0.1) is 6.92 Å². The summed E-state index contributed by atoms with van der Waals surface area (Å²) in [6, 6.07) is 15.4. The van der Waals surface area contributed by atoms with Crippen molar-refractivity contribution in [3.05, 3.63) is 71.3 Å². The van der Waals surface area contributed by atoms with E-state index in [0.29, 0.717) is 5.56 Å². The van der Waals surface area contributed by atoms with Crippen molar-refractivity contribution in [2.75, 3.05) is 7.11 Å². The van der Waals surface area contributed by atoms with Crippen LogP contribution in [-0.2, 0) is 20.9 Å². The van der Waals surface area contributed by atoms with Crippen LogP contribution >= 0.6 is 0 Å². The monoisotopic (exact) mass is 369 g/mol. The predicted molar refractivity (Wildman–Crippen MR) is 100 cm³/mol. The maximum Gasteiger partial charge on any atom is 0.408 e. The van der Waals surface area contributed by atoms with Crippen molar-refractivity contribution < 1.29 is 23.9 Å². The highest BCUT2D eigenvalue weighted by Gasteiger charge is 2.23. The van der Waals surface area contributed by atoms with E-state index in [0.717, 1.165) is 11.1 Å². The number of carbonyl (C=O) groups excluding carboxylic acids is 3. The molecule has 1 unspecified atom stereocenters. The number of aryl methyl sites for hydroxylation is 1. The largest absolute Gasteiger partial charge is 0.467 e. The molecule has 2 aromatic rings. The Morgan fingerprint density at radius 1 is 1.00 bits per heavy atom. The van der Waals surface area contributed by atoms with Gasteiger partial charge in [-0.05, 0) is 24.5 Å². The van der Waals surface area contributed by atoms with E-state index in [9.17, 15) is 14.4 Å². The van der Waals surface area contributed by atoms with Gasteiger partial charge in [-0.25, -0.2) is 9.59 Å². The molecule has 0 heterocycles. The fourth-order valence-electron chi connectivity index (χ4n) is 2.53. The molecule has 1 atom stereocenters. The second-order valence-electron chi connectivity index (χ2n) is 6.05. The first-order valence-corrected chi connectivity index (χ1v) is 8.65. The van der Waals surface area contributed by atoms with Gasteiger partial charge in [-0.1, -0.05) is 54.6 Å². The van der Waals surface area contributed by atoms with Crippen LogP contribution < -0.4 is 5.32 Å². The van der Waals surface area contributed by atoms with E-state index in [1.807, 2.05) is 37.3 Å². The molecule has 1 amide bonds. The number of carbonyl (C=O) groups is 3. The molecule has 6 nitrogen and oxygen atoms in total. The molecular weight excluding hydrogens is 346 g/mol. The number of amides is 1. The van der Waals surface area contributed by atoms with Crippen LogP contribution in [0.2, 0.25) is 0 Å². The van der Waals surface area contributed by atoms with Crippen LogP contribution in [-0.4, -0.2) is 31.0 Å². The first kappa shape index (κ1) is 20.2. The predicted octanol–water partition coefficient (Wildman–Crippen LogP) is 3.43. The fourth-order valence-corrected chi connectivity index (χ4v) is 2.53. The van der Waals surface area contributed by atoms with Crippen molar-refractivity contribution in [2.24, 2.45) is 0 Å².